The van der Waals surface area contributed by atoms with Crippen LogP contribution in [-0.4, -0.2) is 47.9 Å². The topological polar surface area (TPSA) is 111 Å². The van der Waals surface area contributed by atoms with E-state index in [1.807, 2.05) is 0 Å². The van der Waals surface area contributed by atoms with Gasteiger partial charge in [-0.1, -0.05) is 5.21 Å². The third-order valence-corrected chi connectivity index (χ3v) is 2.75. The van der Waals surface area contributed by atoms with E-state index in [1.165, 1.54) is 21.3 Å². The zero-order valence-electron chi connectivity index (χ0n) is 11.8. The minimum atomic E-state index is -0.349. The zero-order valence-corrected chi connectivity index (χ0v) is 11.8. The molecule has 0 fully saturated rings. The fourth-order valence-corrected chi connectivity index (χ4v) is 1.72. The first kappa shape index (κ1) is 14.6. The van der Waals surface area contributed by atoms with Crippen molar-refractivity contribution >= 4 is 5.91 Å². The molecule has 0 atom stereocenters. The van der Waals surface area contributed by atoms with Gasteiger partial charge in [-0.15, -0.1) is 10.2 Å². The molecule has 0 radical (unpaired) electrons. The number of amides is 1. The summed E-state index contributed by atoms with van der Waals surface area (Å²) in [5.41, 5.74) is 0.318. The second-order valence-electron chi connectivity index (χ2n) is 3.92. The number of methoxy groups -OCH3 is 3. The molecule has 0 saturated carbocycles. The molecule has 1 aromatic heterocycles. The average Bonchev–Trinajstić information content (AvgIpc) is 3.04. The van der Waals surface area contributed by atoms with Crippen molar-refractivity contribution in [2.45, 2.75) is 6.54 Å². The smallest absolute Gasteiger partial charge is 0.255 e. The van der Waals surface area contributed by atoms with Crippen molar-refractivity contribution in [2.24, 2.45) is 0 Å². The lowest BCUT2D eigenvalue weighted by Crippen LogP contribution is -2.24. The molecule has 9 heteroatoms. The molecular formula is C12H15N5O4. The van der Waals surface area contributed by atoms with Gasteiger partial charge >= 0.3 is 0 Å². The van der Waals surface area contributed by atoms with E-state index in [4.69, 9.17) is 14.2 Å². The molecule has 1 heterocycles. The summed E-state index contributed by atoms with van der Waals surface area (Å²) in [6, 6.07) is 3.13. The Bertz CT molecular complexity index is 614. The van der Waals surface area contributed by atoms with E-state index in [0.29, 0.717) is 28.6 Å². The van der Waals surface area contributed by atoms with Gasteiger partial charge in [0, 0.05) is 12.1 Å². The lowest BCUT2D eigenvalue weighted by Gasteiger charge is -2.13. The first-order chi connectivity index (χ1) is 10.2. The lowest BCUT2D eigenvalue weighted by atomic mass is 10.1. The molecule has 21 heavy (non-hydrogen) atoms. The quantitative estimate of drug-likeness (QED) is 0.780. The van der Waals surface area contributed by atoms with Crippen LogP contribution in [-0.2, 0) is 6.54 Å². The van der Waals surface area contributed by atoms with Gasteiger partial charge in [0.2, 0.25) is 0 Å². The largest absolute Gasteiger partial charge is 0.496 e. The van der Waals surface area contributed by atoms with Crippen LogP contribution in [0.1, 0.15) is 16.2 Å². The standard InChI is InChI=1S/C12H15N5O4/c1-19-8-5-10(21-3)9(20-2)4-7(8)12(18)13-6-11-14-16-17-15-11/h4-5H,6H2,1-3H3,(H,13,18)(H,14,15,16,17). The van der Waals surface area contributed by atoms with Gasteiger partial charge in [0.25, 0.3) is 5.91 Å². The number of rotatable bonds is 6. The highest BCUT2D eigenvalue weighted by Gasteiger charge is 2.17. The van der Waals surface area contributed by atoms with Crippen molar-refractivity contribution in [3.63, 3.8) is 0 Å². The third-order valence-electron chi connectivity index (χ3n) is 2.75. The van der Waals surface area contributed by atoms with E-state index >= 15 is 0 Å². The van der Waals surface area contributed by atoms with Gasteiger partial charge in [-0.05, 0) is 0 Å². The SMILES string of the molecule is COc1cc(OC)c(C(=O)NCc2nn[nH]n2)cc1OC. The molecule has 9 nitrogen and oxygen atoms in total. The Morgan fingerprint density at radius 1 is 1.14 bits per heavy atom. The molecule has 0 aliphatic carbocycles. The number of aromatic amines is 1. The summed E-state index contributed by atoms with van der Waals surface area (Å²) >= 11 is 0. The number of benzene rings is 1. The monoisotopic (exact) mass is 293 g/mol. The van der Waals surface area contributed by atoms with Crippen LogP contribution in [0.2, 0.25) is 0 Å². The van der Waals surface area contributed by atoms with Gasteiger partial charge in [0.05, 0.1) is 33.4 Å². The second-order valence-corrected chi connectivity index (χ2v) is 3.92. The average molecular weight is 293 g/mol. The van der Waals surface area contributed by atoms with Gasteiger partial charge < -0.3 is 19.5 Å². The van der Waals surface area contributed by atoms with E-state index in [1.54, 1.807) is 12.1 Å². The number of tetrazole rings is 1. The maximum atomic E-state index is 12.2. The molecule has 0 aliphatic heterocycles. The Morgan fingerprint density at radius 2 is 1.81 bits per heavy atom. The molecule has 2 N–H and O–H groups in total. The number of aromatic nitrogens is 4. The number of nitrogens with one attached hydrogen (secondary N) is 2. The molecule has 0 bridgehead atoms. The van der Waals surface area contributed by atoms with Crippen LogP contribution in [0.15, 0.2) is 12.1 Å². The molecule has 2 aromatic rings. The first-order valence-electron chi connectivity index (χ1n) is 6.00. The maximum Gasteiger partial charge on any atom is 0.255 e. The molecule has 0 aliphatic rings. The fraction of sp³-hybridized carbons (Fsp3) is 0.333. The Morgan fingerprint density at radius 3 is 2.38 bits per heavy atom. The predicted octanol–water partition coefficient (Wildman–Crippen LogP) is 0.155. The summed E-state index contributed by atoms with van der Waals surface area (Å²) in [5.74, 6) is 1.31. The van der Waals surface area contributed by atoms with Gasteiger partial charge in [-0.2, -0.15) is 5.21 Å². The van der Waals surface area contributed by atoms with Gasteiger partial charge in [-0.3, -0.25) is 4.79 Å². The molecule has 1 amide bonds. The van der Waals surface area contributed by atoms with Crippen molar-refractivity contribution < 1.29 is 19.0 Å². The fourth-order valence-electron chi connectivity index (χ4n) is 1.72. The van der Waals surface area contributed by atoms with Crippen molar-refractivity contribution in [1.29, 1.82) is 0 Å². The Hall–Kier alpha value is -2.84. The first-order valence-corrected chi connectivity index (χ1v) is 6.00. The summed E-state index contributed by atoms with van der Waals surface area (Å²) in [6.07, 6.45) is 0. The van der Waals surface area contributed by atoms with Crippen LogP contribution in [0.4, 0.5) is 0 Å². The summed E-state index contributed by atoms with van der Waals surface area (Å²) in [4.78, 5) is 12.2. The Labute approximate surface area is 120 Å². The molecule has 0 saturated heterocycles. The number of hydrogen-bond donors (Lipinski definition) is 2. The predicted molar refractivity (Wildman–Crippen MR) is 71.4 cm³/mol. The van der Waals surface area contributed by atoms with Crippen molar-refractivity contribution in [3.8, 4) is 17.2 Å². The Kier molecular flexibility index (Phi) is 4.54. The minimum absolute atomic E-state index is 0.146. The summed E-state index contributed by atoms with van der Waals surface area (Å²) in [7, 11) is 4.47. The zero-order chi connectivity index (χ0) is 15.2. The summed E-state index contributed by atoms with van der Waals surface area (Å²) in [5, 5.41) is 15.9. The molecule has 2 rings (SSSR count). The van der Waals surface area contributed by atoms with Gasteiger partial charge in [0.15, 0.2) is 17.3 Å². The Balaban J connectivity index is 2.22. The number of H-pyrrole nitrogens is 1. The number of nitrogens with zero attached hydrogens (tertiary/aromatic N) is 3. The summed E-state index contributed by atoms with van der Waals surface area (Å²) in [6.45, 7) is 0.146. The number of carbonyl (C=O) groups is 1. The van der Waals surface area contributed by atoms with Crippen LogP contribution in [0, 0.1) is 0 Å². The highest BCUT2D eigenvalue weighted by molar-refractivity contribution is 5.97. The molecular weight excluding hydrogens is 278 g/mol. The van der Waals surface area contributed by atoms with Crippen LogP contribution in [0.25, 0.3) is 0 Å². The summed E-state index contributed by atoms with van der Waals surface area (Å²) < 4.78 is 15.5. The van der Waals surface area contributed by atoms with Gasteiger partial charge in [-0.25, -0.2) is 0 Å². The van der Waals surface area contributed by atoms with Crippen molar-refractivity contribution in [1.82, 2.24) is 25.9 Å². The molecule has 0 spiro atoms. The molecule has 1 aromatic carbocycles. The molecule has 112 valence electrons. The minimum Gasteiger partial charge on any atom is -0.496 e. The lowest BCUT2D eigenvalue weighted by molar-refractivity contribution is 0.0946. The van der Waals surface area contributed by atoms with Gasteiger partial charge in [0.1, 0.15) is 5.75 Å². The highest BCUT2D eigenvalue weighted by Crippen LogP contribution is 2.34. The van der Waals surface area contributed by atoms with Crippen LogP contribution < -0.4 is 19.5 Å². The van der Waals surface area contributed by atoms with Crippen molar-refractivity contribution in [2.75, 3.05) is 21.3 Å². The van der Waals surface area contributed by atoms with E-state index in [-0.39, 0.29) is 12.5 Å². The third kappa shape index (κ3) is 3.19. The van der Waals surface area contributed by atoms with E-state index in [0.717, 1.165) is 0 Å². The van der Waals surface area contributed by atoms with E-state index < -0.39 is 0 Å². The van der Waals surface area contributed by atoms with Crippen LogP contribution in [0.5, 0.6) is 17.2 Å². The molecule has 0 unspecified atom stereocenters. The number of ether oxygens (including phenoxy) is 3. The maximum absolute atomic E-state index is 12.2. The van der Waals surface area contributed by atoms with E-state index in [9.17, 15) is 4.79 Å². The van der Waals surface area contributed by atoms with E-state index in [2.05, 4.69) is 25.9 Å². The van der Waals surface area contributed by atoms with Crippen LogP contribution >= 0.6 is 0 Å². The van der Waals surface area contributed by atoms with Crippen molar-refractivity contribution in [3.05, 3.63) is 23.5 Å². The number of hydrogen-bond acceptors (Lipinski definition) is 7. The number of carbonyl (C=O) groups excluding carboxylic acids is 1. The normalized spacial score (nSPS) is 10.0. The van der Waals surface area contributed by atoms with Crippen LogP contribution in [0.3, 0.4) is 0 Å². The second kappa shape index (κ2) is 6.55. The highest BCUT2D eigenvalue weighted by atomic mass is 16.5.